The van der Waals surface area contributed by atoms with Gasteiger partial charge in [0.15, 0.2) is 0 Å². The van der Waals surface area contributed by atoms with Gasteiger partial charge in [-0.2, -0.15) is 5.26 Å². The van der Waals surface area contributed by atoms with Crippen LogP contribution in [0.3, 0.4) is 0 Å². The molecule has 1 aromatic heterocycles. The third-order valence-electron chi connectivity index (χ3n) is 2.79. The Labute approximate surface area is 97.3 Å². The maximum Gasteiger partial charge on any atom is 0.105 e. The first-order chi connectivity index (χ1) is 7.61. The summed E-state index contributed by atoms with van der Waals surface area (Å²) in [6.07, 6.45) is 5.58. The fraction of sp³-hybridized carbons (Fsp3) is 0.667. The number of nitrogens with zero attached hydrogens (tertiary/aromatic N) is 3. The number of hydrogen-bond donors (Lipinski definition) is 1. The average Bonchev–Trinajstić information content (AvgIpc) is 2.70. The Morgan fingerprint density at radius 3 is 2.88 bits per heavy atom. The molecule has 1 aromatic rings. The molecule has 0 fully saturated rings. The fourth-order valence-electron chi connectivity index (χ4n) is 1.57. The van der Waals surface area contributed by atoms with Crippen molar-refractivity contribution in [2.75, 3.05) is 6.54 Å². The molecule has 0 spiro atoms. The quantitative estimate of drug-likeness (QED) is 0.796. The van der Waals surface area contributed by atoms with E-state index in [4.69, 9.17) is 0 Å². The van der Waals surface area contributed by atoms with Crippen molar-refractivity contribution in [2.24, 2.45) is 0 Å². The van der Waals surface area contributed by atoms with Crippen LogP contribution < -0.4 is 5.32 Å². The molecule has 1 heterocycles. The zero-order valence-corrected chi connectivity index (χ0v) is 10.3. The standard InChI is InChI=1S/C12H20N4/c1-4-6-15-12(3,10-13)5-8-16-9-7-14-11(16)2/h7,9,15H,4-6,8H2,1-3H3. The van der Waals surface area contributed by atoms with Crippen molar-refractivity contribution in [3.8, 4) is 6.07 Å². The van der Waals surface area contributed by atoms with Gasteiger partial charge in [-0.3, -0.25) is 5.32 Å². The second kappa shape index (κ2) is 5.66. The lowest BCUT2D eigenvalue weighted by Gasteiger charge is -2.23. The van der Waals surface area contributed by atoms with Gasteiger partial charge < -0.3 is 4.57 Å². The Kier molecular flexibility index (Phi) is 4.51. The number of imidazole rings is 1. The van der Waals surface area contributed by atoms with E-state index in [1.165, 1.54) is 0 Å². The summed E-state index contributed by atoms with van der Waals surface area (Å²) >= 11 is 0. The summed E-state index contributed by atoms with van der Waals surface area (Å²) in [4.78, 5) is 4.16. The first kappa shape index (κ1) is 12.7. The van der Waals surface area contributed by atoms with E-state index in [9.17, 15) is 5.26 Å². The molecule has 88 valence electrons. The van der Waals surface area contributed by atoms with E-state index in [1.54, 1.807) is 6.20 Å². The molecule has 0 aliphatic heterocycles. The van der Waals surface area contributed by atoms with Crippen molar-refractivity contribution in [1.29, 1.82) is 5.26 Å². The zero-order valence-electron chi connectivity index (χ0n) is 10.3. The van der Waals surface area contributed by atoms with Crippen LogP contribution in [0.2, 0.25) is 0 Å². The minimum absolute atomic E-state index is 0.438. The summed E-state index contributed by atoms with van der Waals surface area (Å²) < 4.78 is 2.07. The van der Waals surface area contributed by atoms with Gasteiger partial charge in [0.2, 0.25) is 0 Å². The molecule has 0 bridgehead atoms. The zero-order chi connectivity index (χ0) is 12.0. The van der Waals surface area contributed by atoms with Crippen molar-refractivity contribution in [2.45, 2.75) is 45.7 Å². The van der Waals surface area contributed by atoms with Crippen LogP contribution in [-0.4, -0.2) is 21.6 Å². The van der Waals surface area contributed by atoms with Gasteiger partial charge in [-0.1, -0.05) is 6.92 Å². The van der Waals surface area contributed by atoms with Crippen molar-refractivity contribution >= 4 is 0 Å². The summed E-state index contributed by atoms with van der Waals surface area (Å²) in [5.41, 5.74) is -0.438. The second-order valence-electron chi connectivity index (χ2n) is 4.29. The van der Waals surface area contributed by atoms with Gasteiger partial charge in [-0.25, -0.2) is 4.98 Å². The first-order valence-corrected chi connectivity index (χ1v) is 5.75. The van der Waals surface area contributed by atoms with Crippen LogP contribution in [0, 0.1) is 18.3 Å². The number of aryl methyl sites for hydroxylation is 2. The Morgan fingerprint density at radius 1 is 1.62 bits per heavy atom. The minimum Gasteiger partial charge on any atom is -0.335 e. The number of rotatable bonds is 6. The van der Waals surface area contributed by atoms with Gasteiger partial charge in [0, 0.05) is 18.9 Å². The highest BCUT2D eigenvalue weighted by Gasteiger charge is 2.22. The van der Waals surface area contributed by atoms with Crippen LogP contribution >= 0.6 is 0 Å². The van der Waals surface area contributed by atoms with Crippen molar-refractivity contribution in [3.63, 3.8) is 0 Å². The molecule has 1 unspecified atom stereocenters. The summed E-state index contributed by atoms with van der Waals surface area (Å²) in [6.45, 7) is 7.74. The van der Waals surface area contributed by atoms with Gasteiger partial charge in [0.1, 0.15) is 11.4 Å². The highest BCUT2D eigenvalue weighted by molar-refractivity contribution is 5.04. The first-order valence-electron chi connectivity index (χ1n) is 5.75. The topological polar surface area (TPSA) is 53.6 Å². The Balaban J connectivity index is 2.52. The molecule has 1 rings (SSSR count). The maximum absolute atomic E-state index is 9.17. The largest absolute Gasteiger partial charge is 0.335 e. The van der Waals surface area contributed by atoms with Crippen LogP contribution in [0.25, 0.3) is 0 Å². The van der Waals surface area contributed by atoms with E-state index in [1.807, 2.05) is 20.0 Å². The van der Waals surface area contributed by atoms with Crippen LogP contribution in [0.4, 0.5) is 0 Å². The van der Waals surface area contributed by atoms with E-state index in [0.29, 0.717) is 0 Å². The number of aromatic nitrogens is 2. The molecular weight excluding hydrogens is 200 g/mol. The van der Waals surface area contributed by atoms with Crippen LogP contribution in [0.5, 0.6) is 0 Å². The van der Waals surface area contributed by atoms with E-state index < -0.39 is 5.54 Å². The fourth-order valence-corrected chi connectivity index (χ4v) is 1.57. The monoisotopic (exact) mass is 220 g/mol. The highest BCUT2D eigenvalue weighted by Crippen LogP contribution is 2.11. The van der Waals surface area contributed by atoms with E-state index in [0.717, 1.165) is 31.8 Å². The number of hydrogen-bond acceptors (Lipinski definition) is 3. The normalized spacial score (nSPS) is 14.4. The molecule has 0 saturated heterocycles. The molecule has 4 heteroatoms. The Hall–Kier alpha value is -1.34. The molecule has 0 aliphatic carbocycles. The smallest absolute Gasteiger partial charge is 0.105 e. The predicted molar refractivity (Wildman–Crippen MR) is 63.9 cm³/mol. The maximum atomic E-state index is 9.17. The third kappa shape index (κ3) is 3.35. The lowest BCUT2D eigenvalue weighted by Crippen LogP contribution is -2.42. The molecule has 1 N–H and O–H groups in total. The van der Waals surface area contributed by atoms with E-state index in [2.05, 4.69) is 27.9 Å². The summed E-state index contributed by atoms with van der Waals surface area (Å²) in [6, 6.07) is 2.35. The molecule has 1 atom stereocenters. The molecule has 16 heavy (non-hydrogen) atoms. The minimum atomic E-state index is -0.438. The van der Waals surface area contributed by atoms with E-state index in [-0.39, 0.29) is 0 Å². The summed E-state index contributed by atoms with van der Waals surface area (Å²) in [5, 5.41) is 12.5. The SMILES string of the molecule is CCCNC(C)(C#N)CCn1ccnc1C. The van der Waals surface area contributed by atoms with Crippen molar-refractivity contribution in [3.05, 3.63) is 18.2 Å². The van der Waals surface area contributed by atoms with Crippen molar-refractivity contribution < 1.29 is 0 Å². The van der Waals surface area contributed by atoms with Gasteiger partial charge in [0.05, 0.1) is 6.07 Å². The van der Waals surface area contributed by atoms with Gasteiger partial charge >= 0.3 is 0 Å². The third-order valence-corrected chi connectivity index (χ3v) is 2.79. The van der Waals surface area contributed by atoms with Crippen LogP contribution in [0.1, 0.15) is 32.5 Å². The highest BCUT2D eigenvalue weighted by atomic mass is 15.1. The van der Waals surface area contributed by atoms with Gasteiger partial charge in [-0.15, -0.1) is 0 Å². The van der Waals surface area contributed by atoms with Crippen molar-refractivity contribution in [1.82, 2.24) is 14.9 Å². The molecule has 0 aromatic carbocycles. The molecule has 0 radical (unpaired) electrons. The molecule has 0 amide bonds. The number of nitrogens with one attached hydrogen (secondary N) is 1. The molecular formula is C12H20N4. The van der Waals surface area contributed by atoms with Gasteiger partial charge in [-0.05, 0) is 33.2 Å². The van der Waals surface area contributed by atoms with Crippen LogP contribution in [0.15, 0.2) is 12.4 Å². The van der Waals surface area contributed by atoms with E-state index >= 15 is 0 Å². The molecule has 0 aliphatic rings. The molecule has 4 nitrogen and oxygen atoms in total. The summed E-state index contributed by atoms with van der Waals surface area (Å²) in [7, 11) is 0. The molecule has 0 saturated carbocycles. The van der Waals surface area contributed by atoms with Gasteiger partial charge in [0.25, 0.3) is 0 Å². The lowest BCUT2D eigenvalue weighted by molar-refractivity contribution is 0.391. The average molecular weight is 220 g/mol. The van der Waals surface area contributed by atoms with Crippen LogP contribution in [-0.2, 0) is 6.54 Å². The number of nitriles is 1. The lowest BCUT2D eigenvalue weighted by atomic mass is 9.99. The predicted octanol–water partition coefficient (Wildman–Crippen LogP) is 1.86. The summed E-state index contributed by atoms with van der Waals surface area (Å²) in [5.74, 6) is 0.996. The second-order valence-corrected chi connectivity index (χ2v) is 4.29. The Morgan fingerprint density at radius 2 is 2.38 bits per heavy atom. The Bertz CT molecular complexity index is 363.